The molecule has 0 radical (unpaired) electrons. The van der Waals surface area contributed by atoms with E-state index in [-0.39, 0.29) is 0 Å². The van der Waals surface area contributed by atoms with Crippen LogP contribution in [0, 0.1) is 6.92 Å². The van der Waals surface area contributed by atoms with Crippen LogP contribution in [0.4, 0.5) is 0 Å². The van der Waals surface area contributed by atoms with Crippen LogP contribution in [0.2, 0.25) is 0 Å². The first kappa shape index (κ1) is 15.5. The summed E-state index contributed by atoms with van der Waals surface area (Å²) in [6, 6.07) is 25.7. The fourth-order valence-corrected chi connectivity index (χ4v) is 3.29. The molecule has 4 rings (SSSR count). The topological polar surface area (TPSA) is 14.2 Å². The van der Waals surface area contributed by atoms with Gasteiger partial charge < -0.3 is 9.30 Å². The van der Waals surface area contributed by atoms with Crippen LogP contribution in [0.1, 0.15) is 11.1 Å². The maximum atomic E-state index is 5.58. The molecule has 0 spiro atoms. The zero-order chi connectivity index (χ0) is 17.2. The van der Waals surface area contributed by atoms with E-state index >= 15 is 0 Å². The van der Waals surface area contributed by atoms with Gasteiger partial charge in [-0.2, -0.15) is 0 Å². The van der Waals surface area contributed by atoms with Crippen LogP contribution in [-0.2, 0) is 6.54 Å². The van der Waals surface area contributed by atoms with E-state index in [1.807, 2.05) is 0 Å². The average Bonchev–Trinajstić information content (AvgIpc) is 3.05. The summed E-state index contributed by atoms with van der Waals surface area (Å²) in [7, 11) is 1.73. The number of nitrogens with zero attached hydrogens (tertiary/aromatic N) is 1. The average molecular weight is 327 g/mol. The minimum absolute atomic E-state index is 0.844. The number of aryl methyl sites for hydroxylation is 1. The molecule has 124 valence electrons. The van der Waals surface area contributed by atoms with Crippen molar-refractivity contribution in [1.29, 1.82) is 0 Å². The number of fused-ring (bicyclic) bond motifs is 1. The smallest absolute Gasteiger partial charge is 0.126 e. The summed E-state index contributed by atoms with van der Waals surface area (Å²) in [5.74, 6) is 0.907. The Morgan fingerprint density at radius 1 is 0.880 bits per heavy atom. The molecule has 1 aromatic heterocycles. The van der Waals surface area contributed by atoms with Gasteiger partial charge in [-0.15, -0.1) is 0 Å². The van der Waals surface area contributed by atoms with Crippen molar-refractivity contribution in [3.05, 3.63) is 90.1 Å². The number of hydrogen-bond acceptors (Lipinski definition) is 1. The van der Waals surface area contributed by atoms with Crippen LogP contribution in [0.3, 0.4) is 0 Å². The lowest BCUT2D eigenvalue weighted by Gasteiger charge is -2.12. The normalized spacial score (nSPS) is 11.0. The minimum Gasteiger partial charge on any atom is -0.496 e. The molecule has 1 heterocycles. The van der Waals surface area contributed by atoms with Crippen LogP contribution in [0.15, 0.2) is 79.0 Å². The third kappa shape index (κ3) is 3.03. The Balaban J connectivity index is 1.73. The van der Waals surface area contributed by atoms with Crippen molar-refractivity contribution in [2.75, 3.05) is 7.11 Å². The zero-order valence-electron chi connectivity index (χ0n) is 14.6. The summed E-state index contributed by atoms with van der Waals surface area (Å²) in [6.07, 6.45) is 2.15. The largest absolute Gasteiger partial charge is 0.496 e. The van der Waals surface area contributed by atoms with E-state index < -0.39 is 0 Å². The van der Waals surface area contributed by atoms with Gasteiger partial charge in [0.15, 0.2) is 0 Å². The maximum Gasteiger partial charge on any atom is 0.126 e. The highest BCUT2D eigenvalue weighted by Gasteiger charge is 2.08. The van der Waals surface area contributed by atoms with Crippen molar-refractivity contribution >= 4 is 10.9 Å². The van der Waals surface area contributed by atoms with E-state index in [4.69, 9.17) is 4.74 Å². The van der Waals surface area contributed by atoms with E-state index in [9.17, 15) is 0 Å². The monoisotopic (exact) mass is 327 g/mol. The van der Waals surface area contributed by atoms with Gasteiger partial charge in [0.1, 0.15) is 5.75 Å². The Bertz CT molecular complexity index is 1010. The number of ether oxygens (including phenoxy) is 1. The van der Waals surface area contributed by atoms with Crippen LogP contribution < -0.4 is 4.74 Å². The van der Waals surface area contributed by atoms with Gasteiger partial charge in [0, 0.05) is 23.8 Å². The molecule has 0 fully saturated rings. The highest BCUT2D eigenvalue weighted by Crippen LogP contribution is 2.31. The molecule has 4 aromatic rings. The molecule has 0 atom stereocenters. The molecular formula is C23H21NO. The first-order chi connectivity index (χ1) is 12.2. The van der Waals surface area contributed by atoms with Crippen molar-refractivity contribution in [3.8, 4) is 16.9 Å². The van der Waals surface area contributed by atoms with Crippen molar-refractivity contribution in [2.24, 2.45) is 0 Å². The summed E-state index contributed by atoms with van der Waals surface area (Å²) in [6.45, 7) is 2.95. The van der Waals surface area contributed by atoms with Crippen LogP contribution >= 0.6 is 0 Å². The Kier molecular flexibility index (Phi) is 4.02. The first-order valence-corrected chi connectivity index (χ1v) is 8.52. The van der Waals surface area contributed by atoms with Crippen molar-refractivity contribution < 1.29 is 4.74 Å². The maximum absolute atomic E-state index is 5.58. The molecule has 0 aliphatic rings. The molecule has 2 heteroatoms. The molecule has 0 amide bonds. The SMILES string of the molecule is COc1ccc(Cn2ccc3ccccc32)cc1-c1ccc(C)cc1. The van der Waals surface area contributed by atoms with Gasteiger partial charge in [-0.1, -0.05) is 54.1 Å². The molecule has 0 aliphatic heterocycles. The van der Waals surface area contributed by atoms with Gasteiger partial charge in [0.25, 0.3) is 0 Å². The molecule has 0 N–H and O–H groups in total. The van der Waals surface area contributed by atoms with Gasteiger partial charge in [-0.25, -0.2) is 0 Å². The van der Waals surface area contributed by atoms with Gasteiger partial charge in [0.05, 0.1) is 7.11 Å². The van der Waals surface area contributed by atoms with Crippen LogP contribution in [0.5, 0.6) is 5.75 Å². The second-order valence-electron chi connectivity index (χ2n) is 6.40. The Morgan fingerprint density at radius 3 is 2.48 bits per heavy atom. The lowest BCUT2D eigenvalue weighted by Crippen LogP contribution is -1.99. The van der Waals surface area contributed by atoms with E-state index in [2.05, 4.69) is 90.5 Å². The van der Waals surface area contributed by atoms with Gasteiger partial charge >= 0.3 is 0 Å². The van der Waals surface area contributed by atoms with E-state index in [1.165, 1.54) is 27.6 Å². The molecule has 0 saturated carbocycles. The number of benzene rings is 3. The summed E-state index contributed by atoms with van der Waals surface area (Å²) in [5, 5.41) is 1.27. The lowest BCUT2D eigenvalue weighted by atomic mass is 10.0. The molecular weight excluding hydrogens is 306 g/mol. The zero-order valence-corrected chi connectivity index (χ0v) is 14.6. The van der Waals surface area contributed by atoms with Gasteiger partial charge in [-0.3, -0.25) is 0 Å². The predicted molar refractivity (Wildman–Crippen MR) is 104 cm³/mol. The highest BCUT2D eigenvalue weighted by atomic mass is 16.5. The summed E-state index contributed by atoms with van der Waals surface area (Å²) in [5.41, 5.74) is 6.10. The fraction of sp³-hybridized carbons (Fsp3) is 0.130. The lowest BCUT2D eigenvalue weighted by molar-refractivity contribution is 0.416. The van der Waals surface area contributed by atoms with Crippen molar-refractivity contribution in [1.82, 2.24) is 4.57 Å². The second kappa shape index (κ2) is 6.48. The summed E-state index contributed by atoms with van der Waals surface area (Å²) >= 11 is 0. The number of hydrogen-bond donors (Lipinski definition) is 0. The highest BCUT2D eigenvalue weighted by molar-refractivity contribution is 5.80. The molecule has 0 bridgehead atoms. The molecule has 3 aromatic carbocycles. The molecule has 2 nitrogen and oxygen atoms in total. The molecule has 25 heavy (non-hydrogen) atoms. The van der Waals surface area contributed by atoms with E-state index in [1.54, 1.807) is 7.11 Å². The van der Waals surface area contributed by atoms with E-state index in [0.29, 0.717) is 0 Å². The fourth-order valence-electron chi connectivity index (χ4n) is 3.29. The number of aromatic nitrogens is 1. The van der Waals surface area contributed by atoms with Crippen molar-refractivity contribution in [2.45, 2.75) is 13.5 Å². The molecule has 0 saturated heterocycles. The van der Waals surface area contributed by atoms with Crippen molar-refractivity contribution in [3.63, 3.8) is 0 Å². The van der Waals surface area contributed by atoms with Crippen LogP contribution in [-0.4, -0.2) is 11.7 Å². The molecule has 0 unspecified atom stereocenters. The quantitative estimate of drug-likeness (QED) is 0.471. The van der Waals surface area contributed by atoms with Crippen LogP contribution in [0.25, 0.3) is 22.0 Å². The summed E-state index contributed by atoms with van der Waals surface area (Å²) in [4.78, 5) is 0. The Hall–Kier alpha value is -3.00. The molecule has 0 aliphatic carbocycles. The Morgan fingerprint density at radius 2 is 1.68 bits per heavy atom. The van der Waals surface area contributed by atoms with Gasteiger partial charge in [-0.05, 0) is 47.7 Å². The van der Waals surface area contributed by atoms with E-state index in [0.717, 1.165) is 17.9 Å². The number of rotatable bonds is 4. The standard InChI is InChI=1S/C23H21NO/c1-17-7-10-19(11-8-17)21-15-18(9-12-23(21)25-2)16-24-14-13-20-5-3-4-6-22(20)24/h3-15H,16H2,1-2H3. The number of methoxy groups -OCH3 is 1. The third-order valence-corrected chi connectivity index (χ3v) is 4.66. The second-order valence-corrected chi connectivity index (χ2v) is 6.40. The summed E-state index contributed by atoms with van der Waals surface area (Å²) < 4.78 is 7.87. The third-order valence-electron chi connectivity index (χ3n) is 4.66. The van der Waals surface area contributed by atoms with Gasteiger partial charge in [0.2, 0.25) is 0 Å². The number of para-hydroxylation sites is 1. The Labute approximate surface area is 148 Å². The first-order valence-electron chi connectivity index (χ1n) is 8.52. The predicted octanol–water partition coefficient (Wildman–Crippen LogP) is 5.67. The minimum atomic E-state index is 0.844.